The first-order valence-corrected chi connectivity index (χ1v) is 7.09. The first-order valence-electron chi connectivity index (χ1n) is 7.09. The van der Waals surface area contributed by atoms with E-state index in [4.69, 9.17) is 9.47 Å². The number of ether oxygens (including phenoxy) is 2. The lowest BCUT2D eigenvalue weighted by Gasteiger charge is -2.28. The summed E-state index contributed by atoms with van der Waals surface area (Å²) in [6.45, 7) is 11.3. The van der Waals surface area contributed by atoms with Crippen molar-refractivity contribution in [2.45, 2.75) is 46.7 Å². The van der Waals surface area contributed by atoms with Gasteiger partial charge in [0.15, 0.2) is 11.5 Å². The van der Waals surface area contributed by atoms with Crippen molar-refractivity contribution in [1.29, 1.82) is 0 Å². The zero-order valence-corrected chi connectivity index (χ0v) is 12.5. The van der Waals surface area contributed by atoms with Gasteiger partial charge in [-0.3, -0.25) is 0 Å². The van der Waals surface area contributed by atoms with E-state index >= 15 is 0 Å². The van der Waals surface area contributed by atoms with E-state index in [0.717, 1.165) is 37.7 Å². The first kappa shape index (κ1) is 14.2. The minimum absolute atomic E-state index is 0.269. The average molecular weight is 263 g/mol. The average Bonchev–Trinajstić information content (AvgIpc) is 2.59. The van der Waals surface area contributed by atoms with E-state index in [9.17, 15) is 0 Å². The predicted molar refractivity (Wildman–Crippen MR) is 77.8 cm³/mol. The molecule has 1 aliphatic rings. The van der Waals surface area contributed by atoms with Gasteiger partial charge in [-0.1, -0.05) is 26.8 Å². The summed E-state index contributed by atoms with van der Waals surface area (Å²) in [6, 6.07) is 6.67. The Hall–Kier alpha value is -1.22. The fraction of sp³-hybridized carbons (Fsp3) is 0.625. The fourth-order valence-corrected chi connectivity index (χ4v) is 1.89. The van der Waals surface area contributed by atoms with Crippen LogP contribution in [0.4, 0.5) is 0 Å². The van der Waals surface area contributed by atoms with Crippen LogP contribution in [0.2, 0.25) is 0 Å². The molecule has 3 nitrogen and oxygen atoms in total. The van der Waals surface area contributed by atoms with Crippen LogP contribution in [0.5, 0.6) is 11.5 Å². The standard InChI is InChI=1S/C16H25NO2/c1-12(16(2,3)4)17-11-13-6-7-14-15(10-13)19-9-5-8-18-14/h6-7,10,12,17H,5,8-9,11H2,1-4H3. The van der Waals surface area contributed by atoms with Gasteiger partial charge in [0.05, 0.1) is 13.2 Å². The summed E-state index contributed by atoms with van der Waals surface area (Å²) in [7, 11) is 0. The Bertz CT molecular complexity index is 423. The summed E-state index contributed by atoms with van der Waals surface area (Å²) >= 11 is 0. The van der Waals surface area contributed by atoms with Crippen LogP contribution in [0.25, 0.3) is 0 Å². The summed E-state index contributed by atoms with van der Waals surface area (Å²) in [5, 5.41) is 3.56. The number of nitrogens with one attached hydrogen (secondary N) is 1. The molecule has 3 heteroatoms. The number of fused-ring (bicyclic) bond motifs is 1. The van der Waals surface area contributed by atoms with E-state index in [-0.39, 0.29) is 5.41 Å². The lowest BCUT2D eigenvalue weighted by molar-refractivity contribution is 0.285. The normalized spacial score (nSPS) is 16.8. The largest absolute Gasteiger partial charge is 0.490 e. The molecule has 1 N–H and O–H groups in total. The van der Waals surface area contributed by atoms with Gasteiger partial charge in [-0.2, -0.15) is 0 Å². The molecule has 0 saturated heterocycles. The van der Waals surface area contributed by atoms with Gasteiger partial charge >= 0.3 is 0 Å². The quantitative estimate of drug-likeness (QED) is 0.907. The summed E-state index contributed by atoms with van der Waals surface area (Å²) in [4.78, 5) is 0. The third-order valence-corrected chi connectivity index (χ3v) is 3.72. The van der Waals surface area contributed by atoms with Gasteiger partial charge in [0.2, 0.25) is 0 Å². The smallest absolute Gasteiger partial charge is 0.161 e. The molecule has 1 atom stereocenters. The molecule has 2 rings (SSSR count). The third kappa shape index (κ3) is 3.87. The highest BCUT2D eigenvalue weighted by atomic mass is 16.5. The monoisotopic (exact) mass is 263 g/mol. The molecule has 1 aliphatic heterocycles. The summed E-state index contributed by atoms with van der Waals surface area (Å²) in [5.41, 5.74) is 1.51. The molecule has 0 aliphatic carbocycles. The molecule has 1 aromatic rings. The second-order valence-electron chi connectivity index (χ2n) is 6.30. The second-order valence-corrected chi connectivity index (χ2v) is 6.30. The minimum Gasteiger partial charge on any atom is -0.490 e. The molecule has 1 heterocycles. The van der Waals surface area contributed by atoms with Gasteiger partial charge < -0.3 is 14.8 Å². The van der Waals surface area contributed by atoms with Crippen LogP contribution >= 0.6 is 0 Å². The van der Waals surface area contributed by atoms with E-state index in [1.807, 2.05) is 6.07 Å². The van der Waals surface area contributed by atoms with Gasteiger partial charge in [0.1, 0.15) is 0 Å². The minimum atomic E-state index is 0.269. The van der Waals surface area contributed by atoms with Crippen LogP contribution in [0.15, 0.2) is 18.2 Å². The van der Waals surface area contributed by atoms with Crippen molar-refractivity contribution in [1.82, 2.24) is 5.32 Å². The third-order valence-electron chi connectivity index (χ3n) is 3.72. The van der Waals surface area contributed by atoms with E-state index in [0.29, 0.717) is 6.04 Å². The molecule has 1 aromatic carbocycles. The Kier molecular flexibility index (Phi) is 4.35. The Morgan fingerprint density at radius 1 is 1.16 bits per heavy atom. The Morgan fingerprint density at radius 2 is 1.84 bits per heavy atom. The molecule has 0 bridgehead atoms. The summed E-state index contributed by atoms with van der Waals surface area (Å²) < 4.78 is 11.3. The molecule has 0 amide bonds. The molecular weight excluding hydrogens is 238 g/mol. The van der Waals surface area contributed by atoms with Gasteiger partial charge in [-0.05, 0) is 30.0 Å². The molecule has 0 aromatic heterocycles. The molecular formula is C16H25NO2. The molecule has 106 valence electrons. The number of hydrogen-bond acceptors (Lipinski definition) is 3. The SMILES string of the molecule is CC(NCc1ccc2c(c1)OCCCO2)C(C)(C)C. The highest BCUT2D eigenvalue weighted by Gasteiger charge is 2.19. The molecule has 1 unspecified atom stereocenters. The molecule has 0 saturated carbocycles. The number of rotatable bonds is 3. The maximum absolute atomic E-state index is 5.71. The lowest BCUT2D eigenvalue weighted by Crippen LogP contribution is -2.37. The van der Waals surface area contributed by atoms with Crippen molar-refractivity contribution >= 4 is 0 Å². The second kappa shape index (κ2) is 5.83. The van der Waals surface area contributed by atoms with Crippen LogP contribution in [-0.2, 0) is 6.54 Å². The zero-order chi connectivity index (χ0) is 13.9. The van der Waals surface area contributed by atoms with Gasteiger partial charge in [0.25, 0.3) is 0 Å². The molecule has 0 fully saturated rings. The Balaban J connectivity index is 2.00. The highest BCUT2D eigenvalue weighted by Crippen LogP contribution is 2.30. The van der Waals surface area contributed by atoms with Crippen LogP contribution in [0, 0.1) is 5.41 Å². The maximum Gasteiger partial charge on any atom is 0.161 e. The number of hydrogen-bond donors (Lipinski definition) is 1. The van der Waals surface area contributed by atoms with Gasteiger partial charge in [0, 0.05) is 19.0 Å². The Morgan fingerprint density at radius 3 is 2.53 bits per heavy atom. The van der Waals surface area contributed by atoms with Gasteiger partial charge in [-0.25, -0.2) is 0 Å². The van der Waals surface area contributed by atoms with Crippen molar-refractivity contribution in [3.63, 3.8) is 0 Å². The van der Waals surface area contributed by atoms with Crippen molar-refractivity contribution in [2.75, 3.05) is 13.2 Å². The van der Waals surface area contributed by atoms with Crippen LogP contribution in [-0.4, -0.2) is 19.3 Å². The fourth-order valence-electron chi connectivity index (χ4n) is 1.89. The van der Waals surface area contributed by atoms with E-state index in [1.54, 1.807) is 0 Å². The van der Waals surface area contributed by atoms with E-state index in [2.05, 4.69) is 45.1 Å². The van der Waals surface area contributed by atoms with Crippen molar-refractivity contribution in [3.05, 3.63) is 23.8 Å². The van der Waals surface area contributed by atoms with Crippen LogP contribution in [0.3, 0.4) is 0 Å². The van der Waals surface area contributed by atoms with Crippen LogP contribution < -0.4 is 14.8 Å². The zero-order valence-electron chi connectivity index (χ0n) is 12.5. The lowest BCUT2D eigenvalue weighted by atomic mass is 9.88. The van der Waals surface area contributed by atoms with Crippen molar-refractivity contribution in [3.8, 4) is 11.5 Å². The van der Waals surface area contributed by atoms with E-state index < -0.39 is 0 Å². The molecule has 0 spiro atoms. The van der Waals surface area contributed by atoms with Crippen LogP contribution in [0.1, 0.15) is 39.7 Å². The molecule has 19 heavy (non-hydrogen) atoms. The van der Waals surface area contributed by atoms with E-state index in [1.165, 1.54) is 5.56 Å². The first-order chi connectivity index (χ1) is 8.97. The Labute approximate surface area is 116 Å². The highest BCUT2D eigenvalue weighted by molar-refractivity contribution is 5.43. The van der Waals surface area contributed by atoms with Crippen molar-refractivity contribution < 1.29 is 9.47 Å². The maximum atomic E-state index is 5.71. The summed E-state index contributed by atoms with van der Waals surface area (Å²) in [6.07, 6.45) is 0.948. The topological polar surface area (TPSA) is 30.5 Å². The molecule has 0 radical (unpaired) electrons. The predicted octanol–water partition coefficient (Wildman–Crippen LogP) is 3.37. The van der Waals surface area contributed by atoms with Crippen molar-refractivity contribution in [2.24, 2.45) is 5.41 Å². The number of benzene rings is 1. The van der Waals surface area contributed by atoms with Gasteiger partial charge in [-0.15, -0.1) is 0 Å². The summed E-state index contributed by atoms with van der Waals surface area (Å²) in [5.74, 6) is 1.74.